The minimum Gasteiger partial charge on any atom is -0.493 e. The summed E-state index contributed by atoms with van der Waals surface area (Å²) in [5.74, 6) is 2.68. The summed E-state index contributed by atoms with van der Waals surface area (Å²) < 4.78 is 16.4. The van der Waals surface area contributed by atoms with E-state index in [1.807, 2.05) is 12.1 Å². The molecule has 1 saturated carbocycles. The quantitative estimate of drug-likeness (QED) is 0.817. The van der Waals surface area contributed by atoms with Crippen molar-refractivity contribution in [2.45, 2.75) is 18.4 Å². The topological polar surface area (TPSA) is 53.7 Å². The number of hydrogen-bond donors (Lipinski definition) is 1. The Morgan fingerprint density at radius 2 is 2.06 bits per heavy atom. The zero-order chi connectivity index (χ0) is 11.1. The van der Waals surface area contributed by atoms with E-state index < -0.39 is 0 Å². The maximum atomic E-state index is 5.85. The van der Waals surface area contributed by atoms with E-state index in [9.17, 15) is 0 Å². The summed E-state index contributed by atoms with van der Waals surface area (Å²) in [4.78, 5) is 0. The molecule has 2 aliphatic rings. The van der Waals surface area contributed by atoms with Crippen molar-refractivity contribution in [3.63, 3.8) is 0 Å². The summed E-state index contributed by atoms with van der Waals surface area (Å²) in [6.07, 6.45) is 1.04. The smallest absolute Gasteiger partial charge is 0.203 e. The largest absolute Gasteiger partial charge is 0.493 e. The number of fused-ring (bicyclic) bond motifs is 1. The number of nitrogens with two attached hydrogens (primary N) is 1. The van der Waals surface area contributed by atoms with Crippen LogP contribution in [0, 0.1) is 0 Å². The van der Waals surface area contributed by atoms with Crippen molar-refractivity contribution in [3.8, 4) is 17.2 Å². The van der Waals surface area contributed by atoms with E-state index in [1.165, 1.54) is 5.56 Å². The molecule has 0 amide bonds. The molecule has 1 aromatic carbocycles. The summed E-state index contributed by atoms with van der Waals surface area (Å²) in [5.41, 5.74) is 7.04. The Balaban J connectivity index is 2.02. The molecule has 4 heteroatoms. The molecule has 1 heterocycles. The van der Waals surface area contributed by atoms with Crippen molar-refractivity contribution in [3.05, 3.63) is 17.7 Å². The molecule has 2 atom stereocenters. The monoisotopic (exact) mass is 221 g/mol. The minimum atomic E-state index is 0.285. The molecule has 2 N–H and O–H groups in total. The van der Waals surface area contributed by atoms with Crippen LogP contribution in [0.3, 0.4) is 0 Å². The van der Waals surface area contributed by atoms with Crippen molar-refractivity contribution >= 4 is 0 Å². The maximum Gasteiger partial charge on any atom is 0.203 e. The Labute approximate surface area is 94.3 Å². The fourth-order valence-corrected chi connectivity index (χ4v) is 2.11. The van der Waals surface area contributed by atoms with Crippen molar-refractivity contribution in [2.75, 3.05) is 20.3 Å². The summed E-state index contributed by atoms with van der Waals surface area (Å²) in [7, 11) is 1.64. The highest BCUT2D eigenvalue weighted by atomic mass is 16.6. The van der Waals surface area contributed by atoms with E-state index in [0.717, 1.165) is 17.9 Å². The van der Waals surface area contributed by atoms with Crippen LogP contribution >= 0.6 is 0 Å². The second kappa shape index (κ2) is 3.56. The minimum absolute atomic E-state index is 0.285. The van der Waals surface area contributed by atoms with E-state index in [-0.39, 0.29) is 6.04 Å². The highest BCUT2D eigenvalue weighted by molar-refractivity contribution is 5.56. The molecule has 86 valence electrons. The van der Waals surface area contributed by atoms with Crippen LogP contribution in [-0.4, -0.2) is 26.4 Å². The fourth-order valence-electron chi connectivity index (χ4n) is 2.11. The van der Waals surface area contributed by atoms with Gasteiger partial charge in [0.15, 0.2) is 11.5 Å². The van der Waals surface area contributed by atoms with Gasteiger partial charge in [-0.1, -0.05) is 0 Å². The Kier molecular flexibility index (Phi) is 2.17. The van der Waals surface area contributed by atoms with Crippen molar-refractivity contribution in [2.24, 2.45) is 5.73 Å². The molecule has 0 spiro atoms. The average Bonchev–Trinajstić information content (AvgIpc) is 3.05. The summed E-state index contributed by atoms with van der Waals surface area (Å²) in [6, 6.07) is 4.31. The lowest BCUT2D eigenvalue weighted by molar-refractivity contribution is 0.165. The number of ether oxygens (including phenoxy) is 3. The predicted molar refractivity (Wildman–Crippen MR) is 59.3 cm³/mol. The molecule has 1 aromatic rings. The first-order valence-corrected chi connectivity index (χ1v) is 5.52. The van der Waals surface area contributed by atoms with Gasteiger partial charge in [-0.2, -0.15) is 0 Å². The SMILES string of the molecule is COc1cc([C@@H]2C[C@H]2N)cc2c1OCCO2. The maximum absolute atomic E-state index is 5.85. The van der Waals surface area contributed by atoms with E-state index in [4.69, 9.17) is 19.9 Å². The van der Waals surface area contributed by atoms with Gasteiger partial charge in [-0.25, -0.2) is 0 Å². The predicted octanol–water partition coefficient (Wildman–Crippen LogP) is 1.28. The molecular formula is C12H15NO3. The normalized spacial score (nSPS) is 26.4. The van der Waals surface area contributed by atoms with Gasteiger partial charge < -0.3 is 19.9 Å². The first-order chi connectivity index (χ1) is 7.79. The Hall–Kier alpha value is -1.42. The third-order valence-corrected chi connectivity index (χ3v) is 3.12. The third kappa shape index (κ3) is 1.50. The first kappa shape index (κ1) is 9.78. The van der Waals surface area contributed by atoms with Gasteiger partial charge >= 0.3 is 0 Å². The molecular weight excluding hydrogens is 206 g/mol. The van der Waals surface area contributed by atoms with E-state index in [0.29, 0.717) is 24.9 Å². The number of hydrogen-bond acceptors (Lipinski definition) is 4. The highest BCUT2D eigenvalue weighted by Gasteiger charge is 2.36. The Morgan fingerprint density at radius 1 is 1.31 bits per heavy atom. The number of benzene rings is 1. The third-order valence-electron chi connectivity index (χ3n) is 3.12. The van der Waals surface area contributed by atoms with Crippen LogP contribution in [0.25, 0.3) is 0 Å². The standard InChI is InChI=1S/C12H15NO3/c1-14-10-4-7(8-6-9(8)13)5-11-12(10)16-3-2-15-11/h4-5,8-9H,2-3,6,13H2,1H3/t8-,9+/m0/s1. The van der Waals surface area contributed by atoms with Gasteiger partial charge in [0.1, 0.15) is 13.2 Å². The zero-order valence-electron chi connectivity index (χ0n) is 9.23. The Morgan fingerprint density at radius 3 is 2.75 bits per heavy atom. The molecule has 0 bridgehead atoms. The van der Waals surface area contributed by atoms with Crippen LogP contribution < -0.4 is 19.9 Å². The molecule has 4 nitrogen and oxygen atoms in total. The van der Waals surface area contributed by atoms with Gasteiger partial charge in [-0.05, 0) is 24.1 Å². The molecule has 0 saturated heterocycles. The van der Waals surface area contributed by atoms with Gasteiger partial charge in [0.25, 0.3) is 0 Å². The summed E-state index contributed by atoms with van der Waals surface area (Å²) in [6.45, 7) is 1.17. The highest BCUT2D eigenvalue weighted by Crippen LogP contribution is 2.47. The van der Waals surface area contributed by atoms with Gasteiger partial charge in [-0.15, -0.1) is 0 Å². The molecule has 1 aliphatic carbocycles. The van der Waals surface area contributed by atoms with Gasteiger partial charge in [0, 0.05) is 12.0 Å². The summed E-state index contributed by atoms with van der Waals surface area (Å²) in [5, 5.41) is 0. The lowest BCUT2D eigenvalue weighted by Gasteiger charge is -2.21. The second-order valence-corrected chi connectivity index (χ2v) is 4.25. The fraction of sp³-hybridized carbons (Fsp3) is 0.500. The van der Waals surface area contributed by atoms with E-state index in [2.05, 4.69) is 0 Å². The van der Waals surface area contributed by atoms with Crippen LogP contribution in [0.5, 0.6) is 17.2 Å². The number of rotatable bonds is 2. The lowest BCUT2D eigenvalue weighted by Crippen LogP contribution is -2.16. The Bertz CT molecular complexity index is 402. The van der Waals surface area contributed by atoms with Crippen LogP contribution in [-0.2, 0) is 0 Å². The molecule has 16 heavy (non-hydrogen) atoms. The summed E-state index contributed by atoms with van der Waals surface area (Å²) >= 11 is 0. The zero-order valence-corrected chi connectivity index (χ0v) is 9.23. The molecule has 3 rings (SSSR count). The average molecular weight is 221 g/mol. The first-order valence-electron chi connectivity index (χ1n) is 5.52. The van der Waals surface area contributed by atoms with Crippen LogP contribution in [0.15, 0.2) is 12.1 Å². The van der Waals surface area contributed by atoms with Gasteiger partial charge in [0.2, 0.25) is 5.75 Å². The number of methoxy groups -OCH3 is 1. The van der Waals surface area contributed by atoms with Gasteiger partial charge in [-0.3, -0.25) is 0 Å². The van der Waals surface area contributed by atoms with Crippen LogP contribution in [0.1, 0.15) is 17.9 Å². The van der Waals surface area contributed by atoms with Crippen molar-refractivity contribution in [1.82, 2.24) is 0 Å². The molecule has 0 aromatic heterocycles. The molecule has 0 radical (unpaired) electrons. The van der Waals surface area contributed by atoms with Gasteiger partial charge in [0.05, 0.1) is 7.11 Å². The van der Waals surface area contributed by atoms with Crippen LogP contribution in [0.4, 0.5) is 0 Å². The van der Waals surface area contributed by atoms with Crippen molar-refractivity contribution in [1.29, 1.82) is 0 Å². The van der Waals surface area contributed by atoms with E-state index in [1.54, 1.807) is 7.11 Å². The molecule has 1 fully saturated rings. The van der Waals surface area contributed by atoms with E-state index >= 15 is 0 Å². The van der Waals surface area contributed by atoms with Crippen LogP contribution in [0.2, 0.25) is 0 Å². The van der Waals surface area contributed by atoms with Crippen molar-refractivity contribution < 1.29 is 14.2 Å². The lowest BCUT2D eigenvalue weighted by atomic mass is 10.1. The second-order valence-electron chi connectivity index (χ2n) is 4.25. The molecule has 0 unspecified atom stereocenters. The molecule has 1 aliphatic heterocycles.